The number of anilines is 1. The molecule has 1 amide bonds. The van der Waals surface area contributed by atoms with Crippen molar-refractivity contribution in [1.29, 1.82) is 0 Å². The van der Waals surface area contributed by atoms with E-state index in [9.17, 15) is 13.2 Å². The van der Waals surface area contributed by atoms with E-state index in [1.807, 2.05) is 0 Å². The first-order valence-corrected chi connectivity index (χ1v) is 11.2. The zero-order valence-corrected chi connectivity index (χ0v) is 18.5. The molecule has 0 spiro atoms. The zero-order valence-electron chi connectivity index (χ0n) is 17.0. The van der Waals surface area contributed by atoms with Gasteiger partial charge in [0.1, 0.15) is 0 Å². The van der Waals surface area contributed by atoms with Crippen LogP contribution >= 0.6 is 11.6 Å². The monoisotopic (exact) mass is 448 g/mol. The average Bonchev–Trinajstić information content (AvgIpc) is 3.15. The van der Waals surface area contributed by atoms with E-state index in [2.05, 4.69) is 10.1 Å². The molecular formula is C20H21ClN4O4S. The highest BCUT2D eigenvalue weighted by Gasteiger charge is 2.22. The molecule has 30 heavy (non-hydrogen) atoms. The van der Waals surface area contributed by atoms with Crippen molar-refractivity contribution in [3.63, 3.8) is 0 Å². The largest absolute Gasteiger partial charge is 0.337 e. The highest BCUT2D eigenvalue weighted by Crippen LogP contribution is 2.25. The quantitative estimate of drug-likeness (QED) is 0.573. The lowest BCUT2D eigenvalue weighted by molar-refractivity contribution is 0.0769. The fraction of sp³-hybridized carbons (Fsp3) is 0.250. The number of hydrogen-bond donors (Lipinski definition) is 0. The number of sulfonamides is 1. The van der Waals surface area contributed by atoms with E-state index in [1.54, 1.807) is 56.4 Å². The Hall–Kier alpha value is -2.91. The second kappa shape index (κ2) is 8.45. The molecule has 0 fully saturated rings. The normalized spacial score (nSPS) is 11.4. The van der Waals surface area contributed by atoms with Crippen molar-refractivity contribution in [3.8, 4) is 11.4 Å². The summed E-state index contributed by atoms with van der Waals surface area (Å²) in [5, 5.41) is 4.55. The van der Waals surface area contributed by atoms with Crippen molar-refractivity contribution in [1.82, 2.24) is 15.0 Å². The van der Waals surface area contributed by atoms with Gasteiger partial charge in [-0.2, -0.15) is 4.98 Å². The van der Waals surface area contributed by atoms with Crippen LogP contribution in [-0.4, -0.2) is 49.7 Å². The minimum atomic E-state index is -3.45. The van der Waals surface area contributed by atoms with Crippen LogP contribution in [0.2, 0.25) is 5.02 Å². The smallest absolute Gasteiger partial charge is 0.254 e. The molecule has 0 bridgehead atoms. The minimum absolute atomic E-state index is 0.102. The van der Waals surface area contributed by atoms with E-state index in [0.717, 1.165) is 16.1 Å². The molecule has 0 aliphatic heterocycles. The van der Waals surface area contributed by atoms with Gasteiger partial charge in [-0.1, -0.05) is 22.8 Å². The second-order valence-electron chi connectivity index (χ2n) is 6.86. The number of carbonyl (C=O) groups is 1. The Labute approximate surface area is 180 Å². The number of nitrogens with zero attached hydrogens (tertiary/aromatic N) is 4. The van der Waals surface area contributed by atoms with Crippen LogP contribution in [0, 0.1) is 6.92 Å². The van der Waals surface area contributed by atoms with Gasteiger partial charge in [0.05, 0.1) is 18.5 Å². The highest BCUT2D eigenvalue weighted by molar-refractivity contribution is 7.92. The Bertz CT molecular complexity index is 1180. The second-order valence-corrected chi connectivity index (χ2v) is 9.31. The van der Waals surface area contributed by atoms with Gasteiger partial charge in [-0.05, 0) is 48.9 Å². The number of rotatable bonds is 6. The molecule has 158 valence electrons. The van der Waals surface area contributed by atoms with Crippen LogP contribution in [0.25, 0.3) is 11.4 Å². The summed E-state index contributed by atoms with van der Waals surface area (Å²) in [6.45, 7) is 1.81. The van der Waals surface area contributed by atoms with E-state index >= 15 is 0 Å². The van der Waals surface area contributed by atoms with Gasteiger partial charge >= 0.3 is 0 Å². The van der Waals surface area contributed by atoms with Crippen molar-refractivity contribution >= 4 is 33.2 Å². The standard InChI is InChI=1S/C20H21ClN4O4S/c1-13-16(6-5-7-17(13)25(3)30(4,27)28)20(26)24(2)12-18-22-19(23-29-18)14-8-10-15(21)11-9-14/h5-11H,12H2,1-4H3. The van der Waals surface area contributed by atoms with Gasteiger partial charge in [0.2, 0.25) is 21.7 Å². The Balaban J connectivity index is 1.79. The predicted molar refractivity (Wildman–Crippen MR) is 115 cm³/mol. The maximum Gasteiger partial charge on any atom is 0.254 e. The molecular weight excluding hydrogens is 428 g/mol. The highest BCUT2D eigenvalue weighted by atomic mass is 35.5. The number of hydrogen-bond acceptors (Lipinski definition) is 6. The summed E-state index contributed by atoms with van der Waals surface area (Å²) in [4.78, 5) is 18.7. The van der Waals surface area contributed by atoms with Crippen molar-refractivity contribution in [2.24, 2.45) is 0 Å². The Morgan fingerprint density at radius 1 is 1.13 bits per heavy atom. The first kappa shape index (κ1) is 21.8. The van der Waals surface area contributed by atoms with E-state index in [0.29, 0.717) is 27.7 Å². The van der Waals surface area contributed by atoms with Crippen LogP contribution in [0.1, 0.15) is 21.8 Å². The van der Waals surface area contributed by atoms with Crippen LogP contribution < -0.4 is 4.31 Å². The fourth-order valence-electron chi connectivity index (χ4n) is 2.89. The number of carbonyl (C=O) groups excluding carboxylic acids is 1. The van der Waals surface area contributed by atoms with Gasteiger partial charge in [-0.3, -0.25) is 9.10 Å². The third kappa shape index (κ3) is 4.63. The van der Waals surface area contributed by atoms with Crippen LogP contribution in [0.15, 0.2) is 47.0 Å². The van der Waals surface area contributed by atoms with Crippen LogP contribution in [-0.2, 0) is 16.6 Å². The van der Waals surface area contributed by atoms with E-state index in [1.165, 1.54) is 11.9 Å². The van der Waals surface area contributed by atoms with Gasteiger partial charge in [0, 0.05) is 30.2 Å². The molecule has 3 rings (SSSR count). The molecule has 3 aromatic rings. The molecule has 0 atom stereocenters. The lowest BCUT2D eigenvalue weighted by atomic mass is 10.1. The molecule has 0 radical (unpaired) electrons. The zero-order chi connectivity index (χ0) is 22.1. The Morgan fingerprint density at radius 2 is 1.80 bits per heavy atom. The van der Waals surface area contributed by atoms with Crippen LogP contribution in [0.4, 0.5) is 5.69 Å². The Kier molecular flexibility index (Phi) is 6.14. The summed E-state index contributed by atoms with van der Waals surface area (Å²) in [6, 6.07) is 12.0. The summed E-state index contributed by atoms with van der Waals surface area (Å²) < 4.78 is 30.2. The van der Waals surface area contributed by atoms with Gasteiger partial charge in [0.15, 0.2) is 0 Å². The van der Waals surface area contributed by atoms with Gasteiger partial charge in [-0.15, -0.1) is 0 Å². The van der Waals surface area contributed by atoms with E-state index in [-0.39, 0.29) is 18.3 Å². The third-order valence-electron chi connectivity index (χ3n) is 4.66. The van der Waals surface area contributed by atoms with Crippen molar-refractivity contribution in [2.75, 3.05) is 24.7 Å². The number of halogens is 1. The van der Waals surface area contributed by atoms with Crippen molar-refractivity contribution in [2.45, 2.75) is 13.5 Å². The van der Waals surface area contributed by atoms with Gasteiger partial charge in [0.25, 0.3) is 5.91 Å². The van der Waals surface area contributed by atoms with Crippen LogP contribution in [0.5, 0.6) is 0 Å². The summed E-state index contributed by atoms with van der Waals surface area (Å²) in [5.74, 6) is 0.385. The molecule has 2 aromatic carbocycles. The molecule has 1 heterocycles. The maximum absolute atomic E-state index is 13.0. The SMILES string of the molecule is Cc1c(C(=O)N(C)Cc2nc(-c3ccc(Cl)cc3)no2)cccc1N(C)S(C)(=O)=O. The fourth-order valence-corrected chi connectivity index (χ4v) is 3.57. The molecule has 0 unspecified atom stereocenters. The lowest BCUT2D eigenvalue weighted by Crippen LogP contribution is -2.29. The maximum atomic E-state index is 13.0. The minimum Gasteiger partial charge on any atom is -0.337 e. The van der Waals surface area contributed by atoms with E-state index in [4.69, 9.17) is 16.1 Å². The average molecular weight is 449 g/mol. The third-order valence-corrected chi connectivity index (χ3v) is 6.11. The summed E-state index contributed by atoms with van der Waals surface area (Å²) in [5.41, 5.74) is 2.15. The summed E-state index contributed by atoms with van der Waals surface area (Å²) in [7, 11) is -0.386. The van der Waals surface area contributed by atoms with Gasteiger partial charge < -0.3 is 9.42 Å². The summed E-state index contributed by atoms with van der Waals surface area (Å²) in [6.07, 6.45) is 1.11. The van der Waals surface area contributed by atoms with Crippen molar-refractivity contribution in [3.05, 3.63) is 64.5 Å². The first-order valence-electron chi connectivity index (χ1n) is 8.95. The molecule has 0 aliphatic carbocycles. The molecule has 0 saturated carbocycles. The van der Waals surface area contributed by atoms with E-state index < -0.39 is 10.0 Å². The Morgan fingerprint density at radius 3 is 2.43 bits per heavy atom. The molecule has 10 heteroatoms. The van der Waals surface area contributed by atoms with Gasteiger partial charge in [-0.25, -0.2) is 8.42 Å². The van der Waals surface area contributed by atoms with Crippen molar-refractivity contribution < 1.29 is 17.7 Å². The number of amides is 1. The predicted octanol–water partition coefficient (Wildman–Crippen LogP) is 3.37. The lowest BCUT2D eigenvalue weighted by Gasteiger charge is -2.22. The molecule has 8 nitrogen and oxygen atoms in total. The topological polar surface area (TPSA) is 96.6 Å². The number of aromatic nitrogens is 2. The molecule has 1 aromatic heterocycles. The molecule has 0 N–H and O–H groups in total. The molecule has 0 aliphatic rings. The first-order chi connectivity index (χ1) is 14.1. The van der Waals surface area contributed by atoms with Crippen LogP contribution in [0.3, 0.4) is 0 Å². The number of benzene rings is 2. The molecule has 0 saturated heterocycles. The summed E-state index contributed by atoms with van der Waals surface area (Å²) >= 11 is 5.89.